The average molecular weight is 186 g/mol. The van der Waals surface area contributed by atoms with Gasteiger partial charge in [0.1, 0.15) is 0 Å². The molecule has 80 valence electrons. The molecule has 0 aliphatic rings. The first-order valence-electron chi connectivity index (χ1n) is 5.40. The topological polar surface area (TPSA) is 24.1 Å². The van der Waals surface area contributed by atoms with Gasteiger partial charge in [0, 0.05) is 11.6 Å². The van der Waals surface area contributed by atoms with Crippen molar-refractivity contribution in [2.45, 2.75) is 59.0 Å². The predicted octanol–water partition coefficient (Wildman–Crippen LogP) is 2.15. The summed E-state index contributed by atoms with van der Waals surface area (Å²) in [4.78, 5) is 0. The van der Waals surface area contributed by atoms with E-state index in [0.29, 0.717) is 6.04 Å². The van der Waals surface area contributed by atoms with E-state index in [1.54, 1.807) is 0 Å². The van der Waals surface area contributed by atoms with Crippen LogP contribution in [0.5, 0.6) is 0 Å². The molecule has 0 aliphatic heterocycles. The summed E-state index contributed by atoms with van der Waals surface area (Å²) in [6.07, 6.45) is 2.53. The highest BCUT2D eigenvalue weighted by Gasteiger charge is 2.06. The van der Waals surface area contributed by atoms with Crippen LogP contribution in [0.2, 0.25) is 0 Å². The summed E-state index contributed by atoms with van der Waals surface area (Å²) in [5, 5.41) is 6.90. The van der Waals surface area contributed by atoms with Crippen molar-refractivity contribution in [1.82, 2.24) is 10.6 Å². The Hall–Kier alpha value is -0.0800. The molecule has 0 bridgehead atoms. The molecule has 0 saturated heterocycles. The minimum Gasteiger partial charge on any atom is -0.315 e. The van der Waals surface area contributed by atoms with Crippen LogP contribution < -0.4 is 10.6 Å². The van der Waals surface area contributed by atoms with E-state index in [4.69, 9.17) is 0 Å². The molecule has 0 fully saturated rings. The van der Waals surface area contributed by atoms with E-state index in [1.165, 1.54) is 12.8 Å². The quantitative estimate of drug-likeness (QED) is 0.621. The highest BCUT2D eigenvalue weighted by Crippen LogP contribution is 1.98. The molecule has 0 radical (unpaired) electrons. The van der Waals surface area contributed by atoms with Crippen LogP contribution in [-0.4, -0.2) is 24.7 Å². The van der Waals surface area contributed by atoms with Crippen molar-refractivity contribution in [2.75, 3.05) is 13.1 Å². The second kappa shape index (κ2) is 6.39. The zero-order chi connectivity index (χ0) is 10.3. The first-order valence-corrected chi connectivity index (χ1v) is 5.40. The Balaban J connectivity index is 3.09. The molecule has 2 N–H and O–H groups in total. The molecule has 0 heterocycles. The Bertz CT molecular complexity index is 114. The maximum absolute atomic E-state index is 3.48. The van der Waals surface area contributed by atoms with Gasteiger partial charge in [0.05, 0.1) is 0 Å². The van der Waals surface area contributed by atoms with Gasteiger partial charge in [-0.25, -0.2) is 0 Å². The van der Waals surface area contributed by atoms with Crippen molar-refractivity contribution in [2.24, 2.45) is 0 Å². The molecule has 0 amide bonds. The standard InChI is InChI=1S/C11H26N2/c1-10(2)12-8-6-7-9-13-11(3,4)5/h10,12-13H,6-9H2,1-5H3. The number of hydrogen-bond donors (Lipinski definition) is 2. The Labute approximate surface area is 83.5 Å². The lowest BCUT2D eigenvalue weighted by Gasteiger charge is -2.20. The van der Waals surface area contributed by atoms with E-state index in [2.05, 4.69) is 45.3 Å². The Morgan fingerprint density at radius 2 is 1.54 bits per heavy atom. The molecular weight excluding hydrogens is 160 g/mol. The van der Waals surface area contributed by atoms with Crippen molar-refractivity contribution in [3.8, 4) is 0 Å². The fourth-order valence-corrected chi connectivity index (χ4v) is 1.10. The molecule has 0 spiro atoms. The summed E-state index contributed by atoms with van der Waals surface area (Å²) >= 11 is 0. The lowest BCUT2D eigenvalue weighted by atomic mass is 10.1. The Kier molecular flexibility index (Phi) is 6.35. The first-order chi connectivity index (χ1) is 5.92. The van der Waals surface area contributed by atoms with Gasteiger partial charge in [0.25, 0.3) is 0 Å². The summed E-state index contributed by atoms with van der Waals surface area (Å²) in [6, 6.07) is 0.621. The van der Waals surface area contributed by atoms with E-state index in [9.17, 15) is 0 Å². The average Bonchev–Trinajstić information content (AvgIpc) is 1.93. The van der Waals surface area contributed by atoms with E-state index >= 15 is 0 Å². The van der Waals surface area contributed by atoms with Crippen LogP contribution in [0.25, 0.3) is 0 Å². The second-order valence-corrected chi connectivity index (χ2v) is 4.99. The summed E-state index contributed by atoms with van der Waals surface area (Å²) in [5.41, 5.74) is 0.269. The second-order valence-electron chi connectivity index (χ2n) is 4.99. The molecule has 2 nitrogen and oxygen atoms in total. The largest absolute Gasteiger partial charge is 0.315 e. The Morgan fingerprint density at radius 3 is 2.00 bits per heavy atom. The highest BCUT2D eigenvalue weighted by molar-refractivity contribution is 4.69. The predicted molar refractivity (Wildman–Crippen MR) is 60.1 cm³/mol. The molecule has 0 rings (SSSR count). The number of rotatable bonds is 6. The maximum Gasteiger partial charge on any atom is 0.00965 e. The van der Waals surface area contributed by atoms with Gasteiger partial charge >= 0.3 is 0 Å². The van der Waals surface area contributed by atoms with Gasteiger partial charge in [-0.05, 0) is 46.7 Å². The van der Waals surface area contributed by atoms with Gasteiger partial charge in [-0.1, -0.05) is 13.8 Å². The summed E-state index contributed by atoms with van der Waals surface area (Å²) < 4.78 is 0. The number of nitrogens with one attached hydrogen (secondary N) is 2. The minimum atomic E-state index is 0.269. The minimum absolute atomic E-state index is 0.269. The molecule has 0 aliphatic carbocycles. The Morgan fingerprint density at radius 1 is 1.00 bits per heavy atom. The first kappa shape index (κ1) is 12.9. The van der Waals surface area contributed by atoms with Gasteiger partial charge in [0.2, 0.25) is 0 Å². The van der Waals surface area contributed by atoms with Crippen LogP contribution in [0.4, 0.5) is 0 Å². The summed E-state index contributed by atoms with van der Waals surface area (Å²) in [5.74, 6) is 0. The smallest absolute Gasteiger partial charge is 0.00965 e. The molecule has 0 atom stereocenters. The van der Waals surface area contributed by atoms with Gasteiger partial charge in [-0.2, -0.15) is 0 Å². The van der Waals surface area contributed by atoms with Crippen molar-refractivity contribution >= 4 is 0 Å². The van der Waals surface area contributed by atoms with E-state index in [-0.39, 0.29) is 5.54 Å². The third kappa shape index (κ3) is 11.9. The van der Waals surface area contributed by atoms with Crippen LogP contribution in [-0.2, 0) is 0 Å². The third-order valence-corrected chi connectivity index (χ3v) is 1.81. The van der Waals surface area contributed by atoms with Crippen LogP contribution in [0, 0.1) is 0 Å². The highest BCUT2D eigenvalue weighted by atomic mass is 14.9. The normalized spacial score (nSPS) is 12.5. The zero-order valence-corrected chi connectivity index (χ0v) is 9.91. The molecular formula is C11H26N2. The van der Waals surface area contributed by atoms with Crippen molar-refractivity contribution in [3.05, 3.63) is 0 Å². The lowest BCUT2D eigenvalue weighted by molar-refractivity contribution is 0.415. The molecule has 13 heavy (non-hydrogen) atoms. The van der Waals surface area contributed by atoms with Crippen molar-refractivity contribution < 1.29 is 0 Å². The molecule has 0 aromatic rings. The molecule has 2 heteroatoms. The van der Waals surface area contributed by atoms with Crippen molar-refractivity contribution in [3.63, 3.8) is 0 Å². The third-order valence-electron chi connectivity index (χ3n) is 1.81. The van der Waals surface area contributed by atoms with Crippen LogP contribution in [0.1, 0.15) is 47.5 Å². The van der Waals surface area contributed by atoms with Gasteiger partial charge < -0.3 is 10.6 Å². The van der Waals surface area contributed by atoms with E-state index < -0.39 is 0 Å². The SMILES string of the molecule is CC(C)NCCCCNC(C)(C)C. The molecule has 0 aromatic heterocycles. The van der Waals surface area contributed by atoms with Crippen LogP contribution in [0.15, 0.2) is 0 Å². The number of hydrogen-bond acceptors (Lipinski definition) is 2. The van der Waals surface area contributed by atoms with Crippen LogP contribution in [0.3, 0.4) is 0 Å². The van der Waals surface area contributed by atoms with Gasteiger partial charge in [-0.3, -0.25) is 0 Å². The van der Waals surface area contributed by atoms with Crippen molar-refractivity contribution in [1.29, 1.82) is 0 Å². The summed E-state index contributed by atoms with van der Waals surface area (Å²) in [7, 11) is 0. The fourth-order valence-electron chi connectivity index (χ4n) is 1.10. The van der Waals surface area contributed by atoms with E-state index in [1.807, 2.05) is 0 Å². The summed E-state index contributed by atoms with van der Waals surface area (Å²) in [6.45, 7) is 13.3. The van der Waals surface area contributed by atoms with Gasteiger partial charge in [0.15, 0.2) is 0 Å². The molecule has 0 unspecified atom stereocenters. The van der Waals surface area contributed by atoms with Crippen LogP contribution >= 0.6 is 0 Å². The monoisotopic (exact) mass is 186 g/mol. The van der Waals surface area contributed by atoms with E-state index in [0.717, 1.165) is 13.1 Å². The lowest BCUT2D eigenvalue weighted by Crippen LogP contribution is -2.36. The van der Waals surface area contributed by atoms with Gasteiger partial charge in [-0.15, -0.1) is 0 Å². The number of unbranched alkanes of at least 4 members (excludes halogenated alkanes) is 1. The fraction of sp³-hybridized carbons (Fsp3) is 1.00. The maximum atomic E-state index is 3.48. The molecule has 0 saturated carbocycles. The molecule has 0 aromatic carbocycles. The zero-order valence-electron chi connectivity index (χ0n) is 9.91.